The zero-order valence-electron chi connectivity index (χ0n) is 28.7. The molecule has 0 spiro atoms. The van der Waals surface area contributed by atoms with Gasteiger partial charge in [0.2, 0.25) is 17.7 Å². The number of rotatable bonds is 11. The maximum atomic E-state index is 15.8. The second-order valence-corrected chi connectivity index (χ2v) is 13.5. The predicted molar refractivity (Wildman–Crippen MR) is 178 cm³/mol. The number of aromatic nitrogens is 5. The van der Waals surface area contributed by atoms with Crippen molar-refractivity contribution in [2.75, 3.05) is 45.7 Å². The molecule has 3 amide bonds. The van der Waals surface area contributed by atoms with Crippen molar-refractivity contribution in [1.29, 1.82) is 0 Å². The third kappa shape index (κ3) is 7.92. The fraction of sp³-hybridized carbons (Fsp3) is 0.588. The van der Waals surface area contributed by atoms with E-state index in [1.807, 2.05) is 14.0 Å². The number of nitrogens with one attached hydrogen (secondary N) is 3. The van der Waals surface area contributed by atoms with Crippen LogP contribution in [0.2, 0.25) is 0 Å². The molecular formula is C34H48FN9O4. The van der Waals surface area contributed by atoms with Gasteiger partial charge in [0, 0.05) is 51.9 Å². The molecule has 260 valence electrons. The van der Waals surface area contributed by atoms with Crippen LogP contribution in [0.3, 0.4) is 0 Å². The largest absolute Gasteiger partial charge is 0.375 e. The number of anilines is 1. The molecule has 2 aliphatic rings. The van der Waals surface area contributed by atoms with Gasteiger partial charge >= 0.3 is 0 Å². The molecule has 2 fully saturated rings. The number of hydrogen-bond donors (Lipinski definition) is 3. The van der Waals surface area contributed by atoms with Crippen molar-refractivity contribution >= 4 is 23.4 Å². The van der Waals surface area contributed by atoms with Gasteiger partial charge in [0.1, 0.15) is 35.9 Å². The number of halogens is 1. The number of H-pyrrole nitrogens is 1. The molecule has 1 unspecified atom stereocenters. The van der Waals surface area contributed by atoms with Gasteiger partial charge in [0.05, 0.1) is 5.69 Å². The summed E-state index contributed by atoms with van der Waals surface area (Å²) in [6, 6.07) is 5.55. The number of piperazine rings is 1. The van der Waals surface area contributed by atoms with Crippen LogP contribution in [0.15, 0.2) is 30.5 Å². The molecule has 1 saturated heterocycles. The number of hydrogen-bond acceptors (Lipinski definition) is 8. The van der Waals surface area contributed by atoms with Gasteiger partial charge in [-0.2, -0.15) is 10.2 Å². The van der Waals surface area contributed by atoms with E-state index >= 15 is 4.39 Å². The number of aromatic amines is 1. The molecule has 1 saturated carbocycles. The molecule has 3 heterocycles. The lowest BCUT2D eigenvalue weighted by Crippen LogP contribution is -2.58. The van der Waals surface area contributed by atoms with E-state index in [2.05, 4.69) is 42.7 Å². The minimum absolute atomic E-state index is 0.00988. The van der Waals surface area contributed by atoms with E-state index in [0.717, 1.165) is 25.7 Å². The van der Waals surface area contributed by atoms with Crippen LogP contribution in [0.4, 0.5) is 10.1 Å². The molecule has 0 radical (unpaired) electrons. The van der Waals surface area contributed by atoms with Gasteiger partial charge in [0.25, 0.3) is 0 Å². The summed E-state index contributed by atoms with van der Waals surface area (Å²) in [6.45, 7) is 7.60. The molecule has 5 rings (SSSR count). The summed E-state index contributed by atoms with van der Waals surface area (Å²) >= 11 is 0. The van der Waals surface area contributed by atoms with Crippen LogP contribution in [-0.2, 0) is 26.2 Å². The van der Waals surface area contributed by atoms with Crippen molar-refractivity contribution in [3.8, 4) is 11.5 Å². The zero-order chi connectivity index (χ0) is 34.5. The first-order valence-corrected chi connectivity index (χ1v) is 16.7. The lowest BCUT2D eigenvalue weighted by Gasteiger charge is -2.40. The maximum Gasteiger partial charge on any atom is 0.246 e. The van der Waals surface area contributed by atoms with Crippen LogP contribution in [0.5, 0.6) is 0 Å². The molecular weight excluding hydrogens is 617 g/mol. The summed E-state index contributed by atoms with van der Waals surface area (Å²) in [5.74, 6) is -1.45. The van der Waals surface area contributed by atoms with Crippen molar-refractivity contribution in [3.63, 3.8) is 0 Å². The average molecular weight is 666 g/mol. The SMILES string of the molecule is COCC(=O)N[C@@H](C(=O)N1CCN(C)[C@H](C)C1)[C@@H](C)c1ccc(NC(=O)C(c2nc(-c3ccnn3C)n[nH]2)C2CCC(C)CC2)c(F)c1. The Morgan fingerprint density at radius 3 is 2.50 bits per heavy atom. The van der Waals surface area contributed by atoms with Crippen molar-refractivity contribution < 1.29 is 23.5 Å². The number of nitrogens with zero attached hydrogens (tertiary/aromatic N) is 6. The summed E-state index contributed by atoms with van der Waals surface area (Å²) in [5.41, 5.74) is 1.25. The van der Waals surface area contributed by atoms with Crippen LogP contribution in [0.25, 0.3) is 11.5 Å². The number of carbonyl (C=O) groups is 3. The van der Waals surface area contributed by atoms with Gasteiger partial charge < -0.3 is 25.2 Å². The van der Waals surface area contributed by atoms with Crippen LogP contribution in [0, 0.1) is 17.7 Å². The molecule has 48 heavy (non-hydrogen) atoms. The Hall–Kier alpha value is -4.17. The number of aryl methyl sites for hydroxylation is 1. The molecule has 2 aromatic heterocycles. The average Bonchev–Trinajstić information content (AvgIpc) is 3.71. The number of carbonyl (C=O) groups excluding carboxylic acids is 3. The number of likely N-dealkylation sites (N-methyl/N-ethyl adjacent to an activating group) is 1. The summed E-state index contributed by atoms with van der Waals surface area (Å²) < 4.78 is 22.4. The highest BCUT2D eigenvalue weighted by Crippen LogP contribution is 2.38. The Bertz CT molecular complexity index is 1580. The standard InChI is InChI=1S/C34H48FN9O4/c1-20-7-9-23(10-8-20)29(32-39-31(40-41-32)27-13-14-36-43(27)5)33(46)37-26-12-11-24(17-25(26)35)22(3)30(38-28(45)19-48-6)34(47)44-16-15-42(4)21(2)18-44/h11-14,17,20-23,29-30H,7-10,15-16,18-19H2,1-6H3,(H,37,46)(H,38,45)(H,39,40,41)/t20?,21-,22+,23?,29?,30-/m1/s1. The molecule has 14 heteroatoms. The lowest BCUT2D eigenvalue weighted by molar-refractivity contribution is -0.140. The quantitative estimate of drug-likeness (QED) is 0.283. The van der Waals surface area contributed by atoms with Gasteiger partial charge in [0.15, 0.2) is 5.82 Å². The fourth-order valence-corrected chi connectivity index (χ4v) is 6.81. The van der Waals surface area contributed by atoms with Crippen LogP contribution < -0.4 is 10.6 Å². The highest BCUT2D eigenvalue weighted by atomic mass is 19.1. The Kier molecular flexibility index (Phi) is 11.3. The van der Waals surface area contributed by atoms with Crippen LogP contribution >= 0.6 is 0 Å². The Balaban J connectivity index is 1.36. The summed E-state index contributed by atoms with van der Waals surface area (Å²) in [5, 5.41) is 17.2. The third-order valence-electron chi connectivity index (χ3n) is 10.1. The highest BCUT2D eigenvalue weighted by Gasteiger charge is 2.37. The summed E-state index contributed by atoms with van der Waals surface area (Å²) in [7, 11) is 5.22. The van der Waals surface area contributed by atoms with Crippen molar-refractivity contribution in [3.05, 3.63) is 47.7 Å². The Morgan fingerprint density at radius 2 is 1.85 bits per heavy atom. The number of benzene rings is 1. The second kappa shape index (κ2) is 15.4. The van der Waals surface area contributed by atoms with E-state index in [1.54, 1.807) is 41.9 Å². The predicted octanol–water partition coefficient (Wildman–Crippen LogP) is 3.29. The van der Waals surface area contributed by atoms with Gasteiger partial charge in [-0.15, -0.1) is 0 Å². The second-order valence-electron chi connectivity index (χ2n) is 13.5. The smallest absolute Gasteiger partial charge is 0.246 e. The molecule has 13 nitrogen and oxygen atoms in total. The van der Waals surface area contributed by atoms with E-state index < -0.39 is 29.6 Å². The first kappa shape index (κ1) is 35.1. The minimum atomic E-state index is -0.929. The summed E-state index contributed by atoms with van der Waals surface area (Å²) in [4.78, 5) is 48.9. The molecule has 4 atom stereocenters. The minimum Gasteiger partial charge on any atom is -0.375 e. The van der Waals surface area contributed by atoms with Crippen LogP contribution in [-0.4, -0.2) is 105 Å². The Labute approximate surface area is 281 Å². The first-order chi connectivity index (χ1) is 23.0. The van der Waals surface area contributed by atoms with E-state index in [1.165, 1.54) is 19.2 Å². The van der Waals surface area contributed by atoms with Gasteiger partial charge in [-0.25, -0.2) is 9.37 Å². The number of methoxy groups -OCH3 is 1. The molecule has 1 aromatic carbocycles. The van der Waals surface area contributed by atoms with Crippen molar-refractivity contribution in [2.24, 2.45) is 18.9 Å². The monoisotopic (exact) mass is 665 g/mol. The molecule has 1 aliphatic carbocycles. The lowest BCUT2D eigenvalue weighted by atomic mass is 9.75. The van der Waals surface area contributed by atoms with Crippen molar-refractivity contribution in [1.82, 2.24) is 40.1 Å². The van der Waals surface area contributed by atoms with Crippen molar-refractivity contribution in [2.45, 2.75) is 70.4 Å². The normalized spacial score (nSPS) is 22.1. The first-order valence-electron chi connectivity index (χ1n) is 16.7. The number of ether oxygens (including phenoxy) is 1. The maximum absolute atomic E-state index is 15.8. The van der Waals surface area contributed by atoms with Crippen LogP contribution in [0.1, 0.15) is 69.7 Å². The zero-order valence-corrected chi connectivity index (χ0v) is 28.7. The fourth-order valence-electron chi connectivity index (χ4n) is 6.81. The van der Waals surface area contributed by atoms with E-state index in [0.29, 0.717) is 48.5 Å². The van der Waals surface area contributed by atoms with Gasteiger partial charge in [-0.1, -0.05) is 32.8 Å². The molecule has 3 aromatic rings. The van der Waals surface area contributed by atoms with E-state index in [4.69, 9.17) is 4.74 Å². The third-order valence-corrected chi connectivity index (χ3v) is 10.1. The molecule has 3 N–H and O–H groups in total. The highest BCUT2D eigenvalue weighted by molar-refractivity contribution is 5.96. The van der Waals surface area contributed by atoms with Gasteiger partial charge in [-0.05, 0) is 62.4 Å². The van der Waals surface area contributed by atoms with Gasteiger partial charge in [-0.3, -0.25) is 24.2 Å². The summed E-state index contributed by atoms with van der Waals surface area (Å²) in [6.07, 6.45) is 5.33. The topological polar surface area (TPSA) is 150 Å². The Morgan fingerprint density at radius 1 is 1.10 bits per heavy atom. The number of amides is 3. The molecule has 1 aliphatic heterocycles. The van der Waals surface area contributed by atoms with E-state index in [-0.39, 0.29) is 36.1 Å². The van der Waals surface area contributed by atoms with E-state index in [9.17, 15) is 14.4 Å². The molecule has 0 bridgehead atoms.